The number of nitrogens with one attached hydrogen (secondary N) is 2. The molecule has 26 heavy (non-hydrogen) atoms. The van der Waals surface area contributed by atoms with Crippen LogP contribution in [0.2, 0.25) is 0 Å². The zero-order chi connectivity index (χ0) is 18.5. The van der Waals surface area contributed by atoms with Crippen molar-refractivity contribution in [1.82, 2.24) is 9.71 Å². The third-order valence-corrected chi connectivity index (χ3v) is 4.94. The van der Waals surface area contributed by atoms with Crippen LogP contribution in [0.1, 0.15) is 12.0 Å². The minimum Gasteiger partial charge on any atom is -0.380 e. The summed E-state index contributed by atoms with van der Waals surface area (Å²) in [6.45, 7) is 0.965. The van der Waals surface area contributed by atoms with Gasteiger partial charge in [-0.2, -0.15) is 0 Å². The van der Waals surface area contributed by atoms with Gasteiger partial charge in [-0.3, -0.25) is 9.52 Å². The standard InChI is InChI=1S/C19H20FN3O2S/c1-25-11-13-8-12(2-5-18(13)26-23-7-6-19(21)24)16-10-22-17-9-14(20)3-4-15(16)17/h2-5,8-10,22-23H,6-7,11H2,1H3,(H2,21,24). The maximum Gasteiger partial charge on any atom is 0.218 e. The first kappa shape index (κ1) is 18.4. The van der Waals surface area contributed by atoms with Gasteiger partial charge in [0.1, 0.15) is 5.82 Å². The zero-order valence-electron chi connectivity index (χ0n) is 14.3. The van der Waals surface area contributed by atoms with Gasteiger partial charge in [0, 0.05) is 47.6 Å². The lowest BCUT2D eigenvalue weighted by atomic mass is 10.0. The summed E-state index contributed by atoms with van der Waals surface area (Å²) in [5.74, 6) is -0.596. The Morgan fingerprint density at radius 2 is 2.15 bits per heavy atom. The van der Waals surface area contributed by atoms with E-state index in [0.29, 0.717) is 13.2 Å². The normalized spacial score (nSPS) is 11.2. The van der Waals surface area contributed by atoms with Crippen LogP contribution in [0.3, 0.4) is 0 Å². The van der Waals surface area contributed by atoms with Crippen LogP contribution in [-0.4, -0.2) is 24.5 Å². The highest BCUT2D eigenvalue weighted by atomic mass is 32.2. The molecule has 3 rings (SSSR count). The molecule has 0 saturated heterocycles. The Hall–Kier alpha value is -2.35. The Morgan fingerprint density at radius 1 is 1.31 bits per heavy atom. The molecule has 3 aromatic rings. The van der Waals surface area contributed by atoms with Gasteiger partial charge in [0.25, 0.3) is 0 Å². The van der Waals surface area contributed by atoms with Crippen LogP contribution >= 0.6 is 11.9 Å². The molecule has 0 spiro atoms. The van der Waals surface area contributed by atoms with Gasteiger partial charge in [0.2, 0.25) is 5.91 Å². The van der Waals surface area contributed by atoms with Gasteiger partial charge in [-0.25, -0.2) is 4.39 Å². The first-order chi connectivity index (χ1) is 12.6. The number of H-pyrrole nitrogens is 1. The maximum atomic E-state index is 13.4. The number of methoxy groups -OCH3 is 1. The van der Waals surface area contributed by atoms with Crippen molar-refractivity contribution in [3.8, 4) is 11.1 Å². The fraction of sp³-hybridized carbons (Fsp3) is 0.211. The largest absolute Gasteiger partial charge is 0.380 e. The SMILES string of the molecule is COCc1cc(-c2c[nH]c3cc(F)ccc23)ccc1SNCCC(N)=O. The second-order valence-corrected chi connectivity index (χ2v) is 6.79. The number of amides is 1. The van der Waals surface area contributed by atoms with E-state index in [1.165, 1.54) is 24.1 Å². The molecule has 0 aliphatic heterocycles. The van der Waals surface area contributed by atoms with E-state index in [0.717, 1.165) is 32.5 Å². The van der Waals surface area contributed by atoms with E-state index in [-0.39, 0.29) is 18.1 Å². The predicted octanol–water partition coefficient (Wildman–Crippen LogP) is 3.59. The molecule has 0 atom stereocenters. The van der Waals surface area contributed by atoms with Crippen molar-refractivity contribution in [3.05, 3.63) is 54.0 Å². The smallest absolute Gasteiger partial charge is 0.218 e. The van der Waals surface area contributed by atoms with Gasteiger partial charge in [0.05, 0.1) is 6.61 Å². The van der Waals surface area contributed by atoms with E-state index < -0.39 is 0 Å². The summed E-state index contributed by atoms with van der Waals surface area (Å²) in [6.07, 6.45) is 2.17. The van der Waals surface area contributed by atoms with Gasteiger partial charge in [0.15, 0.2) is 0 Å². The number of fused-ring (bicyclic) bond motifs is 1. The number of hydrogen-bond donors (Lipinski definition) is 3. The predicted molar refractivity (Wildman–Crippen MR) is 102 cm³/mol. The molecule has 1 amide bonds. The highest BCUT2D eigenvalue weighted by Crippen LogP contribution is 2.32. The van der Waals surface area contributed by atoms with Crippen molar-refractivity contribution >= 4 is 28.8 Å². The van der Waals surface area contributed by atoms with Crippen LogP contribution in [0.15, 0.2) is 47.5 Å². The maximum absolute atomic E-state index is 13.4. The van der Waals surface area contributed by atoms with Crippen LogP contribution in [0, 0.1) is 5.82 Å². The Morgan fingerprint density at radius 3 is 2.92 bits per heavy atom. The molecular formula is C19H20FN3O2S. The molecule has 0 unspecified atom stereocenters. The average molecular weight is 373 g/mol. The van der Waals surface area contributed by atoms with E-state index in [9.17, 15) is 9.18 Å². The number of rotatable bonds is 8. The molecule has 0 fully saturated rings. The lowest BCUT2D eigenvalue weighted by Gasteiger charge is -2.11. The molecule has 136 valence electrons. The first-order valence-corrected chi connectivity index (χ1v) is 8.97. The lowest BCUT2D eigenvalue weighted by Crippen LogP contribution is -2.17. The fourth-order valence-corrected chi connectivity index (χ4v) is 3.50. The molecule has 5 nitrogen and oxygen atoms in total. The molecule has 4 N–H and O–H groups in total. The van der Waals surface area contributed by atoms with Gasteiger partial charge in [-0.05, 0) is 53.4 Å². The molecule has 1 aromatic heterocycles. The molecule has 1 heterocycles. The van der Waals surface area contributed by atoms with Crippen molar-refractivity contribution in [1.29, 1.82) is 0 Å². The van der Waals surface area contributed by atoms with Gasteiger partial charge in [-0.15, -0.1) is 0 Å². The molecule has 0 bridgehead atoms. The summed E-state index contributed by atoms with van der Waals surface area (Å²) >= 11 is 1.45. The second kappa shape index (κ2) is 8.35. The Labute approximate surface area is 155 Å². The second-order valence-electron chi connectivity index (χ2n) is 5.86. The van der Waals surface area contributed by atoms with Crippen molar-refractivity contribution in [2.75, 3.05) is 13.7 Å². The number of carbonyl (C=O) groups is 1. The number of ether oxygens (including phenoxy) is 1. The van der Waals surface area contributed by atoms with Crippen molar-refractivity contribution in [3.63, 3.8) is 0 Å². The molecular weight excluding hydrogens is 353 g/mol. The number of halogens is 1. The van der Waals surface area contributed by atoms with Crippen LogP contribution in [0.4, 0.5) is 4.39 Å². The fourth-order valence-electron chi connectivity index (χ4n) is 2.76. The summed E-state index contributed by atoms with van der Waals surface area (Å²) in [6, 6.07) is 10.8. The molecule has 0 aliphatic carbocycles. The van der Waals surface area contributed by atoms with E-state index in [2.05, 4.69) is 15.8 Å². The monoisotopic (exact) mass is 373 g/mol. The quantitative estimate of drug-likeness (QED) is 0.416. The van der Waals surface area contributed by atoms with E-state index >= 15 is 0 Å². The van der Waals surface area contributed by atoms with Gasteiger partial charge < -0.3 is 15.5 Å². The Balaban J connectivity index is 1.86. The zero-order valence-corrected chi connectivity index (χ0v) is 15.2. The molecule has 0 radical (unpaired) electrons. The third-order valence-electron chi connectivity index (χ3n) is 3.97. The lowest BCUT2D eigenvalue weighted by molar-refractivity contribution is -0.117. The summed E-state index contributed by atoms with van der Waals surface area (Å²) in [5.41, 5.74) is 8.97. The summed E-state index contributed by atoms with van der Waals surface area (Å²) in [4.78, 5) is 14.9. The van der Waals surface area contributed by atoms with E-state index in [4.69, 9.17) is 10.5 Å². The van der Waals surface area contributed by atoms with E-state index in [1.54, 1.807) is 13.2 Å². The minimum atomic E-state index is -0.332. The molecule has 0 saturated carbocycles. The van der Waals surface area contributed by atoms with E-state index in [1.807, 2.05) is 18.3 Å². The topological polar surface area (TPSA) is 80.1 Å². The van der Waals surface area contributed by atoms with Gasteiger partial charge in [-0.1, -0.05) is 6.07 Å². The summed E-state index contributed by atoms with van der Waals surface area (Å²) in [5, 5.41) is 0.967. The highest BCUT2D eigenvalue weighted by molar-refractivity contribution is 7.97. The Bertz CT molecular complexity index is 926. The van der Waals surface area contributed by atoms with Gasteiger partial charge >= 0.3 is 0 Å². The number of hydrogen-bond acceptors (Lipinski definition) is 4. The number of carbonyl (C=O) groups excluding carboxylic acids is 1. The third kappa shape index (κ3) is 4.24. The van der Waals surface area contributed by atoms with Crippen LogP contribution < -0.4 is 10.5 Å². The van der Waals surface area contributed by atoms with Crippen molar-refractivity contribution < 1.29 is 13.9 Å². The summed E-state index contributed by atoms with van der Waals surface area (Å²) in [7, 11) is 1.65. The van der Waals surface area contributed by atoms with Crippen molar-refractivity contribution in [2.45, 2.75) is 17.9 Å². The van der Waals surface area contributed by atoms with Crippen LogP contribution in [0.5, 0.6) is 0 Å². The van der Waals surface area contributed by atoms with Crippen LogP contribution in [0.25, 0.3) is 22.0 Å². The molecule has 2 aromatic carbocycles. The number of aromatic nitrogens is 1. The number of nitrogens with two attached hydrogens (primary N) is 1. The first-order valence-electron chi connectivity index (χ1n) is 8.15. The highest BCUT2D eigenvalue weighted by Gasteiger charge is 2.11. The number of benzene rings is 2. The van der Waals surface area contributed by atoms with Crippen molar-refractivity contribution in [2.24, 2.45) is 5.73 Å². The van der Waals surface area contributed by atoms with Crippen LogP contribution in [-0.2, 0) is 16.1 Å². The average Bonchev–Trinajstić information content (AvgIpc) is 3.02. The minimum absolute atomic E-state index is 0.264. The number of aromatic amines is 1. The number of primary amides is 1. The molecule has 0 aliphatic rings. The molecule has 7 heteroatoms. The summed E-state index contributed by atoms with van der Waals surface area (Å²) < 4.78 is 21.8. The Kier molecular flexibility index (Phi) is 5.92.